The number of aromatic nitrogens is 4. The van der Waals surface area contributed by atoms with Crippen LogP contribution in [0.2, 0.25) is 0 Å². The summed E-state index contributed by atoms with van der Waals surface area (Å²) in [5.74, 6) is -0.687. The van der Waals surface area contributed by atoms with Crippen molar-refractivity contribution >= 4 is 16.9 Å². The van der Waals surface area contributed by atoms with Crippen LogP contribution in [0, 0.1) is 6.92 Å². The number of benzene rings is 1. The molecule has 0 atom stereocenters. The molecule has 28 heavy (non-hydrogen) atoms. The molecule has 0 radical (unpaired) electrons. The maximum atomic E-state index is 13.5. The molecular formula is C18H12F3N5O2. The van der Waals surface area contributed by atoms with Crippen molar-refractivity contribution in [3.8, 4) is 11.3 Å². The first kappa shape index (κ1) is 17.7. The van der Waals surface area contributed by atoms with Gasteiger partial charge in [0, 0.05) is 17.1 Å². The van der Waals surface area contributed by atoms with E-state index in [9.17, 15) is 18.0 Å². The average Bonchev–Trinajstić information content (AvgIpc) is 3.25. The number of hydrogen-bond acceptors (Lipinski definition) is 5. The molecule has 1 N–H and O–H groups in total. The van der Waals surface area contributed by atoms with Crippen LogP contribution in [0.4, 0.5) is 13.2 Å². The van der Waals surface area contributed by atoms with E-state index in [0.717, 1.165) is 6.07 Å². The smallest absolute Gasteiger partial charge is 0.265 e. The van der Waals surface area contributed by atoms with Crippen LogP contribution in [0.5, 0.6) is 0 Å². The minimum absolute atomic E-state index is 0.0761. The standard InChI is InChI=1S/C18H12F3N5O2/c1-10-15(25-28-24-10)17(27)23-26-14(9-11-5-4-8-22-16(11)26)12-6-2-3-7-13(12)18(19,20)21/h2-9H,1H3,(H,23,27). The molecule has 0 unspecified atom stereocenters. The van der Waals surface area contributed by atoms with Crippen LogP contribution < -0.4 is 5.43 Å². The third kappa shape index (κ3) is 2.98. The fourth-order valence-corrected chi connectivity index (χ4v) is 2.89. The van der Waals surface area contributed by atoms with Crippen LogP contribution in [-0.4, -0.2) is 25.9 Å². The zero-order chi connectivity index (χ0) is 19.9. The number of rotatable bonds is 3. The summed E-state index contributed by atoms with van der Waals surface area (Å²) in [6, 6.07) is 9.99. The van der Waals surface area contributed by atoms with Crippen LogP contribution in [0.25, 0.3) is 22.3 Å². The third-order valence-electron chi connectivity index (χ3n) is 4.15. The molecule has 0 saturated heterocycles. The molecule has 0 bridgehead atoms. The van der Waals surface area contributed by atoms with Crippen molar-refractivity contribution in [1.29, 1.82) is 0 Å². The lowest BCUT2D eigenvalue weighted by atomic mass is 10.0. The molecule has 7 nitrogen and oxygen atoms in total. The average molecular weight is 387 g/mol. The fraction of sp³-hybridized carbons (Fsp3) is 0.111. The van der Waals surface area contributed by atoms with Crippen molar-refractivity contribution in [2.75, 3.05) is 5.43 Å². The van der Waals surface area contributed by atoms with E-state index in [0.29, 0.717) is 5.39 Å². The number of pyridine rings is 1. The Morgan fingerprint density at radius 3 is 2.64 bits per heavy atom. The van der Waals surface area contributed by atoms with Gasteiger partial charge in [0.1, 0.15) is 5.69 Å². The number of fused-ring (bicyclic) bond motifs is 1. The Morgan fingerprint density at radius 2 is 1.93 bits per heavy atom. The number of amides is 1. The van der Waals surface area contributed by atoms with Gasteiger partial charge in [-0.1, -0.05) is 23.4 Å². The minimum atomic E-state index is -4.57. The van der Waals surface area contributed by atoms with Crippen molar-refractivity contribution in [3.05, 3.63) is 65.6 Å². The molecule has 1 aromatic carbocycles. The van der Waals surface area contributed by atoms with E-state index in [-0.39, 0.29) is 28.3 Å². The molecular weight excluding hydrogens is 375 g/mol. The van der Waals surface area contributed by atoms with E-state index in [1.165, 1.54) is 42.1 Å². The van der Waals surface area contributed by atoms with Crippen LogP contribution in [0.15, 0.2) is 53.3 Å². The summed E-state index contributed by atoms with van der Waals surface area (Å²) in [6.07, 6.45) is -3.09. The highest BCUT2D eigenvalue weighted by atomic mass is 19.4. The summed E-state index contributed by atoms with van der Waals surface area (Å²) >= 11 is 0. The Balaban J connectivity index is 1.90. The Labute approximate surface area is 155 Å². The summed E-state index contributed by atoms with van der Waals surface area (Å²) in [5.41, 5.74) is 2.21. The summed E-state index contributed by atoms with van der Waals surface area (Å²) < 4.78 is 46.3. The number of halogens is 3. The maximum absolute atomic E-state index is 13.5. The van der Waals surface area contributed by atoms with E-state index in [1.807, 2.05) is 0 Å². The molecule has 4 rings (SSSR count). The predicted octanol–water partition coefficient (Wildman–Crippen LogP) is 3.80. The fourth-order valence-electron chi connectivity index (χ4n) is 2.89. The first-order valence-corrected chi connectivity index (χ1v) is 8.10. The van der Waals surface area contributed by atoms with Gasteiger partial charge in [0.15, 0.2) is 11.3 Å². The van der Waals surface area contributed by atoms with E-state index < -0.39 is 17.6 Å². The normalized spacial score (nSPS) is 11.7. The first-order valence-electron chi connectivity index (χ1n) is 8.10. The lowest BCUT2D eigenvalue weighted by molar-refractivity contribution is -0.137. The van der Waals surface area contributed by atoms with Gasteiger partial charge in [0.2, 0.25) is 0 Å². The Kier molecular flexibility index (Phi) is 4.10. The molecule has 3 heterocycles. The highest BCUT2D eigenvalue weighted by Crippen LogP contribution is 2.38. The number of hydrogen-bond donors (Lipinski definition) is 1. The van der Waals surface area contributed by atoms with Gasteiger partial charge < -0.3 is 0 Å². The lowest BCUT2D eigenvalue weighted by Gasteiger charge is -2.15. The summed E-state index contributed by atoms with van der Waals surface area (Å²) in [6.45, 7) is 1.53. The van der Waals surface area contributed by atoms with Gasteiger partial charge in [-0.2, -0.15) is 13.2 Å². The van der Waals surface area contributed by atoms with Crippen molar-refractivity contribution in [3.63, 3.8) is 0 Å². The summed E-state index contributed by atoms with van der Waals surface area (Å²) in [5, 5.41) is 7.62. The summed E-state index contributed by atoms with van der Waals surface area (Å²) in [7, 11) is 0. The van der Waals surface area contributed by atoms with Gasteiger partial charge in [-0.15, -0.1) is 0 Å². The number of nitrogens with one attached hydrogen (secondary N) is 1. The largest absolute Gasteiger partial charge is 0.417 e. The van der Waals surface area contributed by atoms with Crippen LogP contribution in [-0.2, 0) is 6.18 Å². The molecule has 4 aromatic rings. The molecule has 0 aliphatic heterocycles. The van der Waals surface area contributed by atoms with Crippen molar-refractivity contribution in [2.45, 2.75) is 13.1 Å². The molecule has 3 aromatic heterocycles. The second-order valence-electron chi connectivity index (χ2n) is 5.96. The molecule has 0 aliphatic carbocycles. The highest BCUT2D eigenvalue weighted by molar-refractivity contribution is 6.00. The second-order valence-corrected chi connectivity index (χ2v) is 5.96. The number of nitrogens with zero attached hydrogens (tertiary/aromatic N) is 4. The monoisotopic (exact) mass is 387 g/mol. The third-order valence-corrected chi connectivity index (χ3v) is 4.15. The summed E-state index contributed by atoms with van der Waals surface area (Å²) in [4.78, 5) is 16.7. The highest BCUT2D eigenvalue weighted by Gasteiger charge is 2.34. The number of carbonyl (C=O) groups is 1. The number of carbonyl (C=O) groups excluding carboxylic acids is 1. The van der Waals surface area contributed by atoms with Crippen LogP contribution in [0.3, 0.4) is 0 Å². The van der Waals surface area contributed by atoms with Gasteiger partial charge in [-0.05, 0) is 36.3 Å². The molecule has 0 spiro atoms. The Bertz CT molecular complexity index is 1180. The topological polar surface area (TPSA) is 85.8 Å². The number of aryl methyl sites for hydroxylation is 1. The van der Waals surface area contributed by atoms with Gasteiger partial charge in [0.05, 0.1) is 11.3 Å². The predicted molar refractivity (Wildman–Crippen MR) is 92.9 cm³/mol. The molecule has 0 saturated carbocycles. The molecule has 142 valence electrons. The molecule has 1 amide bonds. The van der Waals surface area contributed by atoms with Gasteiger partial charge in [-0.3, -0.25) is 10.2 Å². The maximum Gasteiger partial charge on any atom is 0.417 e. The minimum Gasteiger partial charge on any atom is -0.265 e. The molecule has 0 aliphatic rings. The zero-order valence-corrected chi connectivity index (χ0v) is 14.4. The van der Waals surface area contributed by atoms with Crippen molar-refractivity contribution in [1.82, 2.24) is 20.0 Å². The zero-order valence-electron chi connectivity index (χ0n) is 14.4. The van der Waals surface area contributed by atoms with Crippen LogP contribution >= 0.6 is 0 Å². The van der Waals surface area contributed by atoms with Gasteiger partial charge in [0.25, 0.3) is 5.91 Å². The lowest BCUT2D eigenvalue weighted by Crippen LogP contribution is -2.25. The van der Waals surface area contributed by atoms with Crippen molar-refractivity contribution in [2.24, 2.45) is 0 Å². The van der Waals surface area contributed by atoms with E-state index in [4.69, 9.17) is 0 Å². The Morgan fingerprint density at radius 1 is 1.14 bits per heavy atom. The van der Waals surface area contributed by atoms with E-state index >= 15 is 0 Å². The molecule has 0 fully saturated rings. The first-order chi connectivity index (χ1) is 13.4. The van der Waals surface area contributed by atoms with Crippen LogP contribution in [0.1, 0.15) is 21.7 Å². The Hall–Kier alpha value is -3.69. The second kappa shape index (κ2) is 6.48. The number of alkyl halides is 3. The molecule has 10 heteroatoms. The van der Waals surface area contributed by atoms with E-state index in [1.54, 1.807) is 12.1 Å². The van der Waals surface area contributed by atoms with Gasteiger partial charge in [-0.25, -0.2) is 14.3 Å². The van der Waals surface area contributed by atoms with Gasteiger partial charge >= 0.3 is 6.18 Å². The SMILES string of the molecule is Cc1nonc1C(=O)Nn1c(-c2ccccc2C(F)(F)F)cc2cccnc21. The van der Waals surface area contributed by atoms with E-state index in [2.05, 4.69) is 25.4 Å². The quantitative estimate of drug-likeness (QED) is 0.578. The van der Waals surface area contributed by atoms with Crippen molar-refractivity contribution < 1.29 is 22.6 Å².